The minimum Gasteiger partial charge on any atom is -0.463 e. The Hall–Kier alpha value is -2.64. The van der Waals surface area contributed by atoms with Crippen LogP contribution in [0.5, 0.6) is 6.01 Å². The van der Waals surface area contributed by atoms with Crippen LogP contribution in [0.15, 0.2) is 20.1 Å². The zero-order chi connectivity index (χ0) is 15.4. The van der Waals surface area contributed by atoms with Crippen LogP contribution in [-0.4, -0.2) is 29.2 Å². The number of carbonyl (C=O) groups is 1. The molecule has 8 nitrogen and oxygen atoms in total. The number of rotatable bonds is 5. The smallest absolute Gasteiger partial charge is 0.344 e. The molecule has 0 spiro atoms. The second-order valence-corrected chi connectivity index (χ2v) is 4.09. The maximum atomic E-state index is 12.0. The van der Waals surface area contributed by atoms with Crippen molar-refractivity contribution in [1.82, 2.24) is 9.97 Å². The first-order valence-corrected chi connectivity index (χ1v) is 6.40. The Bertz CT molecular complexity index is 776. The van der Waals surface area contributed by atoms with Gasteiger partial charge in [0, 0.05) is 6.07 Å². The molecule has 0 bridgehead atoms. The minimum absolute atomic E-state index is 0.123. The van der Waals surface area contributed by atoms with Crippen molar-refractivity contribution in [2.75, 3.05) is 13.2 Å². The van der Waals surface area contributed by atoms with Gasteiger partial charge in [-0.2, -0.15) is 4.98 Å². The van der Waals surface area contributed by atoms with Gasteiger partial charge in [-0.3, -0.25) is 9.78 Å². The summed E-state index contributed by atoms with van der Waals surface area (Å²) in [4.78, 5) is 40.9. The van der Waals surface area contributed by atoms with Gasteiger partial charge in [0.1, 0.15) is 5.39 Å². The largest absolute Gasteiger partial charge is 0.463 e. The number of fused-ring (bicyclic) bond motifs is 1. The number of ether oxygens (including phenoxy) is 2. The van der Waals surface area contributed by atoms with Crippen LogP contribution in [0.1, 0.15) is 19.4 Å². The first kappa shape index (κ1) is 14.8. The minimum atomic E-state index is -0.603. The summed E-state index contributed by atoms with van der Waals surface area (Å²) in [6, 6.07) is 1.04. The number of aromatic nitrogens is 2. The summed E-state index contributed by atoms with van der Waals surface area (Å²) in [5.74, 6) is -0.594. The topological polar surface area (TPSA) is 111 Å². The lowest BCUT2D eigenvalue weighted by Gasteiger charge is -2.06. The van der Waals surface area contributed by atoms with E-state index in [4.69, 9.17) is 9.15 Å². The van der Waals surface area contributed by atoms with E-state index < -0.39 is 23.8 Å². The molecule has 2 aromatic rings. The summed E-state index contributed by atoms with van der Waals surface area (Å²) in [5, 5.41) is 0.195. The van der Waals surface area contributed by atoms with E-state index >= 15 is 0 Å². The van der Waals surface area contributed by atoms with Crippen LogP contribution in [0.25, 0.3) is 11.1 Å². The molecule has 21 heavy (non-hydrogen) atoms. The molecule has 0 aromatic carbocycles. The number of aryl methyl sites for hydroxylation is 1. The lowest BCUT2D eigenvalue weighted by molar-refractivity contribution is -0.145. The molecular weight excluding hydrogens is 280 g/mol. The Labute approximate surface area is 118 Å². The number of nitrogens with one attached hydrogen (secondary N) is 1. The van der Waals surface area contributed by atoms with Crippen molar-refractivity contribution >= 4 is 17.1 Å². The number of H-pyrrole nitrogens is 1. The van der Waals surface area contributed by atoms with E-state index in [1.807, 2.05) is 0 Å². The molecule has 8 heteroatoms. The summed E-state index contributed by atoms with van der Waals surface area (Å²) in [5.41, 5.74) is -0.692. The van der Waals surface area contributed by atoms with Crippen molar-refractivity contribution in [3.05, 3.63) is 32.4 Å². The number of nitrogens with zero attached hydrogens (tertiary/aromatic N) is 1. The predicted octanol–water partition coefficient (Wildman–Crippen LogP) is 0.381. The van der Waals surface area contributed by atoms with Gasteiger partial charge in [0.05, 0.1) is 6.61 Å². The van der Waals surface area contributed by atoms with Gasteiger partial charge >= 0.3 is 11.6 Å². The van der Waals surface area contributed by atoms with E-state index in [2.05, 4.69) is 14.7 Å². The third-order valence-electron chi connectivity index (χ3n) is 2.69. The molecular formula is C13H14N2O6. The first-order valence-electron chi connectivity index (χ1n) is 6.40. The molecule has 0 atom stereocenters. The Morgan fingerprint density at radius 1 is 1.38 bits per heavy atom. The average Bonchev–Trinajstić information content (AvgIpc) is 2.44. The predicted molar refractivity (Wildman–Crippen MR) is 72.4 cm³/mol. The fourth-order valence-corrected chi connectivity index (χ4v) is 1.81. The van der Waals surface area contributed by atoms with Gasteiger partial charge in [-0.25, -0.2) is 9.59 Å². The lowest BCUT2D eigenvalue weighted by Crippen LogP contribution is -2.19. The van der Waals surface area contributed by atoms with Crippen molar-refractivity contribution in [1.29, 1.82) is 0 Å². The van der Waals surface area contributed by atoms with Gasteiger partial charge in [0.15, 0.2) is 6.61 Å². The Morgan fingerprint density at radius 3 is 2.81 bits per heavy atom. The number of aromatic amines is 1. The van der Waals surface area contributed by atoms with Gasteiger partial charge in [0.2, 0.25) is 5.71 Å². The number of hydrogen-bond acceptors (Lipinski definition) is 7. The van der Waals surface area contributed by atoms with Gasteiger partial charge < -0.3 is 13.9 Å². The Balaban J connectivity index is 2.39. The zero-order valence-electron chi connectivity index (χ0n) is 11.6. The molecule has 2 heterocycles. The average molecular weight is 294 g/mol. The van der Waals surface area contributed by atoms with Crippen molar-refractivity contribution in [2.45, 2.75) is 20.3 Å². The molecule has 0 radical (unpaired) electrons. The summed E-state index contributed by atoms with van der Waals surface area (Å²) < 4.78 is 14.6. The van der Waals surface area contributed by atoms with Gasteiger partial charge in [-0.05, 0) is 18.9 Å². The van der Waals surface area contributed by atoms with E-state index in [-0.39, 0.29) is 23.7 Å². The van der Waals surface area contributed by atoms with E-state index in [1.165, 1.54) is 6.07 Å². The Morgan fingerprint density at radius 2 is 2.14 bits per heavy atom. The maximum Gasteiger partial charge on any atom is 0.344 e. The highest BCUT2D eigenvalue weighted by atomic mass is 16.6. The molecule has 0 aliphatic heterocycles. The summed E-state index contributed by atoms with van der Waals surface area (Å²) >= 11 is 0. The van der Waals surface area contributed by atoms with Crippen LogP contribution in [0.4, 0.5) is 0 Å². The molecule has 2 aromatic heterocycles. The van der Waals surface area contributed by atoms with Crippen LogP contribution < -0.4 is 15.9 Å². The molecule has 0 saturated heterocycles. The van der Waals surface area contributed by atoms with E-state index in [0.717, 1.165) is 0 Å². The molecule has 0 saturated carbocycles. The Kier molecular flexibility index (Phi) is 4.36. The molecule has 1 N–H and O–H groups in total. The molecule has 0 fully saturated rings. The number of hydrogen-bond donors (Lipinski definition) is 1. The lowest BCUT2D eigenvalue weighted by atomic mass is 10.1. The molecule has 0 aliphatic rings. The summed E-state index contributed by atoms with van der Waals surface area (Å²) in [6.07, 6.45) is 0.482. The first-order chi connectivity index (χ1) is 10.0. The molecule has 0 aliphatic carbocycles. The van der Waals surface area contributed by atoms with Crippen LogP contribution >= 0.6 is 0 Å². The third kappa shape index (κ3) is 3.28. The second kappa shape index (κ2) is 6.21. The number of esters is 1. The summed E-state index contributed by atoms with van der Waals surface area (Å²) in [6.45, 7) is 3.28. The molecule has 0 amide bonds. The van der Waals surface area contributed by atoms with Gasteiger partial charge in [0.25, 0.3) is 11.6 Å². The van der Waals surface area contributed by atoms with Crippen molar-refractivity contribution in [3.8, 4) is 6.01 Å². The molecule has 0 unspecified atom stereocenters. The highest BCUT2D eigenvalue weighted by Gasteiger charge is 2.13. The fourth-order valence-electron chi connectivity index (χ4n) is 1.81. The standard InChI is InChI=1S/C13H14N2O6/c1-3-7-5-8(16)21-12-10(7)11(18)14-13(15-12)20-6-9(17)19-4-2/h5H,3-4,6H2,1-2H3,(H,14,15,18). The van der Waals surface area contributed by atoms with Crippen LogP contribution in [0.3, 0.4) is 0 Å². The van der Waals surface area contributed by atoms with Crippen molar-refractivity contribution in [3.63, 3.8) is 0 Å². The molecule has 112 valence electrons. The SMILES string of the molecule is CCOC(=O)COc1nc2oc(=O)cc(CC)c2c(=O)[nH]1. The fraction of sp³-hybridized carbons (Fsp3) is 0.385. The van der Waals surface area contributed by atoms with Crippen molar-refractivity contribution < 1.29 is 18.7 Å². The summed E-state index contributed by atoms with van der Waals surface area (Å²) in [7, 11) is 0. The van der Waals surface area contributed by atoms with E-state index in [9.17, 15) is 14.4 Å². The third-order valence-corrected chi connectivity index (χ3v) is 2.69. The highest BCUT2D eigenvalue weighted by molar-refractivity contribution is 5.76. The van der Waals surface area contributed by atoms with Gasteiger partial charge in [-0.1, -0.05) is 6.92 Å². The second-order valence-electron chi connectivity index (χ2n) is 4.09. The van der Waals surface area contributed by atoms with Gasteiger partial charge in [-0.15, -0.1) is 0 Å². The van der Waals surface area contributed by atoms with E-state index in [0.29, 0.717) is 12.0 Å². The highest BCUT2D eigenvalue weighted by Crippen LogP contribution is 2.13. The zero-order valence-corrected chi connectivity index (χ0v) is 11.6. The van der Waals surface area contributed by atoms with Crippen LogP contribution in [0.2, 0.25) is 0 Å². The van der Waals surface area contributed by atoms with E-state index in [1.54, 1.807) is 13.8 Å². The monoisotopic (exact) mass is 294 g/mol. The van der Waals surface area contributed by atoms with Crippen molar-refractivity contribution in [2.24, 2.45) is 0 Å². The maximum absolute atomic E-state index is 12.0. The molecule has 2 rings (SSSR count). The normalized spacial score (nSPS) is 10.6. The van der Waals surface area contributed by atoms with Crippen LogP contribution in [0, 0.1) is 0 Å². The quantitative estimate of drug-likeness (QED) is 0.793. The van der Waals surface area contributed by atoms with Crippen LogP contribution in [-0.2, 0) is 16.0 Å². The number of carbonyl (C=O) groups excluding carboxylic acids is 1.